The fourth-order valence-corrected chi connectivity index (χ4v) is 0. The SMILES string of the molecule is [Co+2].[Co+2].[Co+2].[Fe].[Fe].[Fe].[N-3].[N-3].[Ni].[Ni].[Ni]. The van der Waals surface area contributed by atoms with E-state index in [-0.39, 0.29) is 163 Å². The minimum absolute atomic E-state index is 0. The minimum Gasteiger partial charge on any atom is -3.00 e. The van der Waals surface area contributed by atoms with Gasteiger partial charge in [0.2, 0.25) is 0 Å². The third kappa shape index (κ3) is 112. The zero-order valence-electron chi connectivity index (χ0n) is 3.90. The molecule has 0 N–H and O–H groups in total. The van der Waals surface area contributed by atoms with Gasteiger partial charge in [-0.3, -0.25) is 0 Å². The molecule has 0 saturated heterocycles. The van der Waals surface area contributed by atoms with Crippen LogP contribution in [0.2, 0.25) is 0 Å². The summed E-state index contributed by atoms with van der Waals surface area (Å²) in [6.07, 6.45) is 0. The van der Waals surface area contributed by atoms with Crippen molar-refractivity contribution >= 4 is 0 Å². The maximum absolute atomic E-state index is 0. The monoisotopic (exact) mass is 546 g/mol. The Hall–Kier alpha value is 4.48. The van der Waals surface area contributed by atoms with Crippen molar-refractivity contribution in [2.75, 3.05) is 0 Å². The van der Waals surface area contributed by atoms with E-state index >= 15 is 0 Å². The summed E-state index contributed by atoms with van der Waals surface area (Å²) in [5.41, 5.74) is 0. The quantitative estimate of drug-likeness (QED) is 0.398. The molecule has 0 amide bonds. The van der Waals surface area contributed by atoms with Crippen molar-refractivity contribution in [3.8, 4) is 0 Å². The number of nitrogens with zero attached hydrogens (tertiary/aromatic N) is 2. The van der Waals surface area contributed by atoms with Gasteiger partial charge in [-0.2, -0.15) is 0 Å². The normalized spacial score (nSPS) is 0. The van der Waals surface area contributed by atoms with Crippen LogP contribution in [0.25, 0.3) is 12.3 Å². The summed E-state index contributed by atoms with van der Waals surface area (Å²) < 4.78 is 0. The molecule has 0 aliphatic rings. The maximum Gasteiger partial charge on any atom is 2.00 e. The van der Waals surface area contributed by atoms with Gasteiger partial charge in [-0.1, -0.05) is 0 Å². The average molecular weight is 548 g/mol. The van der Waals surface area contributed by atoms with Crippen molar-refractivity contribution < 1.29 is 151 Å². The molecule has 0 bridgehead atoms. The van der Waals surface area contributed by atoms with Crippen LogP contribution in [0.1, 0.15) is 0 Å². The van der Waals surface area contributed by atoms with Gasteiger partial charge in [-0.25, -0.2) is 0 Å². The van der Waals surface area contributed by atoms with Gasteiger partial charge in [0.15, 0.2) is 0 Å². The van der Waals surface area contributed by atoms with Crippen LogP contribution in [0.15, 0.2) is 0 Å². The molecule has 3 radical (unpaired) electrons. The van der Waals surface area contributed by atoms with Crippen LogP contribution >= 0.6 is 0 Å². The summed E-state index contributed by atoms with van der Waals surface area (Å²) in [5.74, 6) is 0. The molecule has 0 rings (SSSR count). The first-order chi connectivity index (χ1) is 0. The molecular weight excluding hydrogens is 548 g/mol. The van der Waals surface area contributed by atoms with Crippen molar-refractivity contribution in [3.63, 3.8) is 0 Å². The number of hydrogen-bond acceptors (Lipinski definition) is 0. The van der Waals surface area contributed by atoms with E-state index < -0.39 is 0 Å². The molecule has 0 atom stereocenters. The second kappa shape index (κ2) is 131. The van der Waals surface area contributed by atoms with Crippen LogP contribution < -0.4 is 0 Å². The van der Waals surface area contributed by atoms with E-state index in [0.29, 0.717) is 0 Å². The molecular formula is Co3Fe3N2Ni3. The Kier molecular flexibility index (Phi) is 1930. The molecule has 0 unspecified atom stereocenters. The molecule has 0 aromatic rings. The molecule has 0 aromatic carbocycles. The van der Waals surface area contributed by atoms with E-state index in [9.17, 15) is 0 Å². The van der Waals surface area contributed by atoms with Crippen molar-refractivity contribution in [2.45, 2.75) is 0 Å². The molecule has 91 valence electrons. The van der Waals surface area contributed by atoms with Crippen molar-refractivity contribution in [1.82, 2.24) is 0 Å². The van der Waals surface area contributed by atoms with Crippen LogP contribution in [-0.4, -0.2) is 0 Å². The van der Waals surface area contributed by atoms with E-state index in [0.717, 1.165) is 0 Å². The Morgan fingerprint density at radius 2 is 0.364 bits per heavy atom. The van der Waals surface area contributed by atoms with Crippen LogP contribution in [0.4, 0.5) is 0 Å². The molecule has 0 saturated carbocycles. The fourth-order valence-electron chi connectivity index (χ4n) is 0. The summed E-state index contributed by atoms with van der Waals surface area (Å²) in [4.78, 5) is 0. The smallest absolute Gasteiger partial charge is 2.00 e. The Balaban J connectivity index is 0. The van der Waals surface area contributed by atoms with Crippen LogP contribution in [0, 0.1) is 0 Å². The summed E-state index contributed by atoms with van der Waals surface area (Å²) in [6, 6.07) is 0. The zero-order chi connectivity index (χ0) is 0. The van der Waals surface area contributed by atoms with Crippen LogP contribution in [0.5, 0.6) is 0 Å². The summed E-state index contributed by atoms with van der Waals surface area (Å²) in [7, 11) is 0. The summed E-state index contributed by atoms with van der Waals surface area (Å²) in [6.45, 7) is 0. The Morgan fingerprint density at radius 1 is 0.364 bits per heavy atom. The van der Waals surface area contributed by atoms with Gasteiger partial charge in [-0.05, 0) is 0 Å². The second-order valence-electron chi connectivity index (χ2n) is 0. The molecule has 11 heteroatoms. The van der Waals surface area contributed by atoms with E-state index in [2.05, 4.69) is 0 Å². The van der Waals surface area contributed by atoms with Crippen molar-refractivity contribution in [2.24, 2.45) is 0 Å². The predicted molar refractivity (Wildman–Crippen MR) is 6.72 cm³/mol. The first-order valence-electron chi connectivity index (χ1n) is 0. The Bertz CT molecular complexity index is 21.8. The third-order valence-electron chi connectivity index (χ3n) is 0. The maximum atomic E-state index is 0. The zero-order valence-corrected chi connectivity index (χ0v) is 13.3. The Labute approximate surface area is 161 Å². The van der Waals surface area contributed by atoms with Crippen LogP contribution in [-0.2, 0) is 151 Å². The number of hydrogen-bond donors (Lipinski definition) is 0. The van der Waals surface area contributed by atoms with E-state index in [1.54, 1.807) is 0 Å². The second-order valence-corrected chi connectivity index (χ2v) is 0. The van der Waals surface area contributed by atoms with E-state index in [1.807, 2.05) is 0 Å². The minimum atomic E-state index is 0. The van der Waals surface area contributed by atoms with Crippen LogP contribution in [0.3, 0.4) is 0 Å². The summed E-state index contributed by atoms with van der Waals surface area (Å²) >= 11 is 0. The topological polar surface area (TPSA) is 61.0 Å². The predicted octanol–water partition coefficient (Wildman–Crippen LogP) is 0.555. The van der Waals surface area contributed by atoms with Gasteiger partial charge in [-0.15, -0.1) is 0 Å². The van der Waals surface area contributed by atoms with Gasteiger partial charge in [0.25, 0.3) is 0 Å². The Morgan fingerprint density at radius 3 is 0.364 bits per heavy atom. The molecule has 0 heterocycles. The molecule has 0 spiro atoms. The molecule has 0 aliphatic carbocycles. The van der Waals surface area contributed by atoms with Crippen molar-refractivity contribution in [1.29, 1.82) is 0 Å². The first kappa shape index (κ1) is 162. The molecule has 0 aromatic heterocycles. The fraction of sp³-hybridized carbons (Fsp3) is 0. The standard InChI is InChI=1S/3Co.3Fe.2N.3Ni/q3*+2;;;;2*-3;;;. The van der Waals surface area contributed by atoms with E-state index in [4.69, 9.17) is 0 Å². The van der Waals surface area contributed by atoms with E-state index in [1.165, 1.54) is 0 Å². The number of rotatable bonds is 0. The van der Waals surface area contributed by atoms with Gasteiger partial charge >= 0.3 is 50.3 Å². The van der Waals surface area contributed by atoms with Gasteiger partial charge < -0.3 is 12.3 Å². The molecule has 0 aliphatic heterocycles. The van der Waals surface area contributed by atoms with Gasteiger partial charge in [0.05, 0.1) is 0 Å². The molecule has 2 nitrogen and oxygen atoms in total. The molecule has 0 fully saturated rings. The summed E-state index contributed by atoms with van der Waals surface area (Å²) in [5, 5.41) is 0. The van der Waals surface area contributed by atoms with Gasteiger partial charge in [0, 0.05) is 101 Å². The third-order valence-corrected chi connectivity index (χ3v) is 0. The van der Waals surface area contributed by atoms with Crippen molar-refractivity contribution in [3.05, 3.63) is 12.3 Å². The molecule has 11 heavy (non-hydrogen) atoms. The van der Waals surface area contributed by atoms with Gasteiger partial charge in [0.1, 0.15) is 0 Å². The largest absolute Gasteiger partial charge is 3.00 e. The first-order valence-corrected chi connectivity index (χ1v) is 0. The average Bonchev–Trinajstić information content (AvgIpc) is 0.